The number of thiol groups is 1. The molecule has 0 fully saturated rings. The van der Waals surface area contributed by atoms with Crippen LogP contribution in [0.1, 0.15) is 21.5 Å². The maximum absolute atomic E-state index is 12.0. The van der Waals surface area contributed by atoms with Crippen molar-refractivity contribution in [2.24, 2.45) is 0 Å². The summed E-state index contributed by atoms with van der Waals surface area (Å²) in [5, 5.41) is 0.362. The standard InChI is InChI=1S/C12H10N2OS/c1-8-2-4-9(5-3-8)11(15)10-6-13-12(16)14-7-10/h2-7H,1H3,(H,13,14,16). The summed E-state index contributed by atoms with van der Waals surface area (Å²) in [6.45, 7) is 1.98. The van der Waals surface area contributed by atoms with Gasteiger partial charge in [-0.15, -0.1) is 12.6 Å². The normalized spacial score (nSPS) is 10.1. The molecule has 0 spiro atoms. The first-order chi connectivity index (χ1) is 7.66. The molecule has 0 saturated carbocycles. The second-order valence-corrected chi connectivity index (χ2v) is 3.87. The van der Waals surface area contributed by atoms with Gasteiger partial charge < -0.3 is 0 Å². The van der Waals surface area contributed by atoms with E-state index >= 15 is 0 Å². The maximum Gasteiger partial charge on any atom is 0.196 e. The van der Waals surface area contributed by atoms with Gasteiger partial charge in [-0.05, 0) is 6.92 Å². The summed E-state index contributed by atoms with van der Waals surface area (Å²) in [4.78, 5) is 19.7. The smallest absolute Gasteiger partial charge is 0.196 e. The molecule has 1 aromatic heterocycles. The maximum atomic E-state index is 12.0. The van der Waals surface area contributed by atoms with Crippen molar-refractivity contribution in [2.45, 2.75) is 12.1 Å². The molecule has 0 bridgehead atoms. The molecular formula is C12H10N2OS. The van der Waals surface area contributed by atoms with Gasteiger partial charge in [0.25, 0.3) is 0 Å². The van der Waals surface area contributed by atoms with E-state index < -0.39 is 0 Å². The van der Waals surface area contributed by atoms with Gasteiger partial charge >= 0.3 is 0 Å². The number of benzene rings is 1. The average Bonchev–Trinajstić information content (AvgIpc) is 2.30. The van der Waals surface area contributed by atoms with E-state index in [1.54, 1.807) is 12.1 Å². The Hall–Kier alpha value is -1.68. The highest BCUT2D eigenvalue weighted by molar-refractivity contribution is 7.80. The Labute approximate surface area is 99.0 Å². The van der Waals surface area contributed by atoms with Gasteiger partial charge in [-0.3, -0.25) is 4.79 Å². The first-order valence-corrected chi connectivity index (χ1v) is 5.24. The minimum Gasteiger partial charge on any atom is -0.288 e. The van der Waals surface area contributed by atoms with Gasteiger partial charge in [-0.2, -0.15) is 0 Å². The molecule has 0 amide bonds. The van der Waals surface area contributed by atoms with Crippen LogP contribution in [0, 0.1) is 6.92 Å². The lowest BCUT2D eigenvalue weighted by Gasteiger charge is -2.00. The number of aryl methyl sites for hydroxylation is 1. The topological polar surface area (TPSA) is 42.9 Å². The molecule has 1 heterocycles. The molecule has 0 aliphatic heterocycles. The van der Waals surface area contributed by atoms with Gasteiger partial charge in [0.1, 0.15) is 0 Å². The first-order valence-electron chi connectivity index (χ1n) is 4.79. The lowest BCUT2D eigenvalue weighted by Crippen LogP contribution is -2.02. The number of aromatic nitrogens is 2. The number of hydrogen-bond donors (Lipinski definition) is 1. The summed E-state index contributed by atoms with van der Waals surface area (Å²) in [7, 11) is 0. The van der Waals surface area contributed by atoms with Crippen LogP contribution in [0.3, 0.4) is 0 Å². The average molecular weight is 230 g/mol. The van der Waals surface area contributed by atoms with Crippen LogP contribution in [-0.4, -0.2) is 15.8 Å². The van der Waals surface area contributed by atoms with Crippen LogP contribution in [0.2, 0.25) is 0 Å². The van der Waals surface area contributed by atoms with Crippen LogP contribution in [0.5, 0.6) is 0 Å². The molecule has 0 atom stereocenters. The van der Waals surface area contributed by atoms with E-state index in [1.165, 1.54) is 12.4 Å². The van der Waals surface area contributed by atoms with Gasteiger partial charge in [-0.25, -0.2) is 9.97 Å². The molecule has 80 valence electrons. The minimum absolute atomic E-state index is 0.0756. The summed E-state index contributed by atoms with van der Waals surface area (Å²) in [5.74, 6) is -0.0756. The molecule has 0 radical (unpaired) electrons. The Morgan fingerprint density at radius 1 is 1.06 bits per heavy atom. The molecule has 3 nitrogen and oxygen atoms in total. The molecule has 0 unspecified atom stereocenters. The van der Waals surface area contributed by atoms with Gasteiger partial charge in [0.15, 0.2) is 10.9 Å². The van der Waals surface area contributed by atoms with Crippen molar-refractivity contribution < 1.29 is 4.79 Å². The third kappa shape index (κ3) is 2.28. The van der Waals surface area contributed by atoms with Gasteiger partial charge in [-0.1, -0.05) is 29.8 Å². The number of rotatable bonds is 2. The summed E-state index contributed by atoms with van der Waals surface area (Å²) in [6.07, 6.45) is 2.97. The van der Waals surface area contributed by atoms with Crippen molar-refractivity contribution >= 4 is 18.4 Å². The molecule has 2 aromatic rings. The van der Waals surface area contributed by atoms with E-state index in [9.17, 15) is 4.79 Å². The fraction of sp³-hybridized carbons (Fsp3) is 0.0833. The van der Waals surface area contributed by atoms with Crippen molar-refractivity contribution in [2.75, 3.05) is 0 Å². The van der Waals surface area contributed by atoms with E-state index in [2.05, 4.69) is 22.6 Å². The Morgan fingerprint density at radius 2 is 1.62 bits per heavy atom. The Kier molecular flexibility index (Phi) is 3.01. The predicted molar refractivity (Wildman–Crippen MR) is 63.9 cm³/mol. The highest BCUT2D eigenvalue weighted by Gasteiger charge is 2.09. The zero-order valence-electron chi connectivity index (χ0n) is 8.71. The van der Waals surface area contributed by atoms with Gasteiger partial charge in [0, 0.05) is 18.0 Å². The van der Waals surface area contributed by atoms with Crippen LogP contribution in [-0.2, 0) is 0 Å². The van der Waals surface area contributed by atoms with Gasteiger partial charge in [0.2, 0.25) is 0 Å². The first kappa shape index (κ1) is 10.8. The number of hydrogen-bond acceptors (Lipinski definition) is 4. The van der Waals surface area contributed by atoms with Crippen molar-refractivity contribution in [3.05, 3.63) is 53.3 Å². The van der Waals surface area contributed by atoms with Crippen molar-refractivity contribution in [1.82, 2.24) is 9.97 Å². The fourth-order valence-corrected chi connectivity index (χ4v) is 1.43. The number of carbonyl (C=O) groups excluding carboxylic acids is 1. The summed E-state index contributed by atoms with van der Waals surface area (Å²) >= 11 is 3.97. The molecule has 1 aromatic carbocycles. The fourth-order valence-electron chi connectivity index (χ4n) is 1.31. The molecule has 2 rings (SSSR count). The van der Waals surface area contributed by atoms with Crippen LogP contribution < -0.4 is 0 Å². The number of carbonyl (C=O) groups is 1. The Morgan fingerprint density at radius 3 is 2.19 bits per heavy atom. The third-order valence-electron chi connectivity index (χ3n) is 2.21. The van der Waals surface area contributed by atoms with E-state index in [1.807, 2.05) is 19.1 Å². The van der Waals surface area contributed by atoms with Crippen molar-refractivity contribution in [3.63, 3.8) is 0 Å². The largest absolute Gasteiger partial charge is 0.288 e. The van der Waals surface area contributed by atoms with Crippen LogP contribution in [0.25, 0.3) is 0 Å². The quantitative estimate of drug-likeness (QED) is 0.489. The summed E-state index contributed by atoms with van der Waals surface area (Å²) in [6, 6.07) is 7.40. The molecular weight excluding hydrogens is 220 g/mol. The predicted octanol–water partition coefficient (Wildman–Crippen LogP) is 2.30. The van der Waals surface area contributed by atoms with Crippen LogP contribution in [0.4, 0.5) is 0 Å². The zero-order valence-corrected chi connectivity index (χ0v) is 9.61. The number of ketones is 1. The van der Waals surface area contributed by atoms with E-state index in [-0.39, 0.29) is 5.78 Å². The second-order valence-electron chi connectivity index (χ2n) is 3.47. The monoisotopic (exact) mass is 230 g/mol. The lowest BCUT2D eigenvalue weighted by molar-refractivity contribution is 0.103. The highest BCUT2D eigenvalue weighted by atomic mass is 32.1. The molecule has 0 saturated heterocycles. The molecule has 0 N–H and O–H groups in total. The molecule has 0 aliphatic rings. The number of nitrogens with zero attached hydrogens (tertiary/aromatic N) is 2. The molecule has 16 heavy (non-hydrogen) atoms. The SMILES string of the molecule is Cc1ccc(C(=O)c2cnc(S)nc2)cc1. The van der Waals surface area contributed by atoms with Crippen molar-refractivity contribution in [3.8, 4) is 0 Å². The Balaban J connectivity index is 2.32. The summed E-state index contributed by atoms with van der Waals surface area (Å²) in [5.41, 5.74) is 2.24. The lowest BCUT2D eigenvalue weighted by atomic mass is 10.1. The Bertz CT molecular complexity index is 458. The summed E-state index contributed by atoms with van der Waals surface area (Å²) < 4.78 is 0. The minimum atomic E-state index is -0.0756. The van der Waals surface area contributed by atoms with E-state index in [0.717, 1.165) is 5.56 Å². The zero-order chi connectivity index (χ0) is 11.5. The van der Waals surface area contributed by atoms with E-state index in [4.69, 9.17) is 0 Å². The highest BCUT2D eigenvalue weighted by Crippen LogP contribution is 2.10. The molecule has 4 heteroatoms. The van der Waals surface area contributed by atoms with Crippen LogP contribution >= 0.6 is 12.6 Å². The second kappa shape index (κ2) is 4.45. The van der Waals surface area contributed by atoms with Crippen molar-refractivity contribution in [1.29, 1.82) is 0 Å². The molecule has 0 aliphatic carbocycles. The third-order valence-corrected chi connectivity index (χ3v) is 2.45. The van der Waals surface area contributed by atoms with Gasteiger partial charge in [0.05, 0.1) is 5.56 Å². The van der Waals surface area contributed by atoms with E-state index in [0.29, 0.717) is 16.3 Å². The van der Waals surface area contributed by atoms with Crippen LogP contribution in [0.15, 0.2) is 41.8 Å².